The third kappa shape index (κ3) is 4.82. The van der Waals surface area contributed by atoms with Crippen LogP contribution in [0.1, 0.15) is 30.6 Å². The Morgan fingerprint density at radius 3 is 2.38 bits per heavy atom. The minimum absolute atomic E-state index is 0.00181. The van der Waals surface area contributed by atoms with Crippen LogP contribution in [-0.4, -0.2) is 63.3 Å². The summed E-state index contributed by atoms with van der Waals surface area (Å²) in [6, 6.07) is 5.61. The quantitative estimate of drug-likeness (QED) is 0.722. The zero-order valence-electron chi connectivity index (χ0n) is 15.6. The summed E-state index contributed by atoms with van der Waals surface area (Å²) in [5.74, 6) is -0.0984. The van der Waals surface area contributed by atoms with Gasteiger partial charge in [-0.05, 0) is 36.5 Å². The molecule has 1 aliphatic heterocycles. The molecule has 0 aliphatic carbocycles. The van der Waals surface area contributed by atoms with Crippen LogP contribution in [-0.2, 0) is 19.6 Å². The maximum Gasteiger partial charge on any atom is 0.338 e. The number of nitrogens with zero attached hydrogens (tertiary/aromatic N) is 2. The number of carbonyl (C=O) groups excluding carboxylic acids is 2. The van der Waals surface area contributed by atoms with E-state index in [1.165, 1.54) is 38.4 Å². The lowest BCUT2D eigenvalue weighted by atomic mass is 9.92. The van der Waals surface area contributed by atoms with Crippen molar-refractivity contribution < 1.29 is 22.7 Å². The second kappa shape index (κ2) is 8.18. The zero-order chi connectivity index (χ0) is 19.5. The topological polar surface area (TPSA) is 84.0 Å². The first-order valence-electron chi connectivity index (χ1n) is 8.58. The van der Waals surface area contributed by atoms with Crippen molar-refractivity contribution in [2.75, 3.05) is 33.8 Å². The molecular weight excluding hydrogens is 356 g/mol. The number of amides is 1. The first-order chi connectivity index (χ1) is 12.1. The Morgan fingerprint density at radius 2 is 1.81 bits per heavy atom. The van der Waals surface area contributed by atoms with Crippen LogP contribution in [0.4, 0.5) is 0 Å². The predicted molar refractivity (Wildman–Crippen MR) is 97.1 cm³/mol. The van der Waals surface area contributed by atoms with Gasteiger partial charge in [0.1, 0.15) is 0 Å². The van der Waals surface area contributed by atoms with E-state index >= 15 is 0 Å². The average Bonchev–Trinajstić information content (AvgIpc) is 2.58. The Kier molecular flexibility index (Phi) is 6.41. The molecule has 0 aromatic heterocycles. The zero-order valence-corrected chi connectivity index (χ0v) is 16.5. The van der Waals surface area contributed by atoms with Gasteiger partial charge in [-0.25, -0.2) is 17.5 Å². The first kappa shape index (κ1) is 20.4. The van der Waals surface area contributed by atoms with Gasteiger partial charge in [-0.1, -0.05) is 19.9 Å². The summed E-state index contributed by atoms with van der Waals surface area (Å²) in [6.45, 7) is 5.18. The summed E-state index contributed by atoms with van der Waals surface area (Å²) in [5.41, 5.74) is 0.0982. The summed E-state index contributed by atoms with van der Waals surface area (Å²) in [4.78, 5) is 26.2. The molecule has 26 heavy (non-hydrogen) atoms. The third-order valence-electron chi connectivity index (χ3n) is 4.40. The molecule has 0 saturated carbocycles. The Balaban J connectivity index is 2.01. The number of carbonyl (C=O) groups is 2. The van der Waals surface area contributed by atoms with Gasteiger partial charge in [-0.2, -0.15) is 0 Å². The standard InChI is InChI=1S/C18H26N2O5S/c1-13-8-14(2)11-20(10-13)17(21)12-25-18(22)15-6-5-7-16(9-15)26(23,24)19(3)4/h5-7,9,13-14H,8,10-12H2,1-4H3. The highest BCUT2D eigenvalue weighted by Gasteiger charge is 2.26. The minimum Gasteiger partial charge on any atom is -0.452 e. The van der Waals surface area contributed by atoms with Gasteiger partial charge in [-0.15, -0.1) is 0 Å². The second-order valence-corrected chi connectivity index (χ2v) is 9.29. The fourth-order valence-electron chi connectivity index (χ4n) is 3.16. The van der Waals surface area contributed by atoms with Gasteiger partial charge in [0.2, 0.25) is 10.0 Å². The van der Waals surface area contributed by atoms with Crippen LogP contribution in [0.3, 0.4) is 0 Å². The number of likely N-dealkylation sites (tertiary alicyclic amines) is 1. The fraction of sp³-hybridized carbons (Fsp3) is 0.556. The van der Waals surface area contributed by atoms with Crippen molar-refractivity contribution >= 4 is 21.9 Å². The average molecular weight is 382 g/mol. The van der Waals surface area contributed by atoms with Crippen LogP contribution in [0.2, 0.25) is 0 Å². The molecule has 2 unspecified atom stereocenters. The van der Waals surface area contributed by atoms with Gasteiger partial charge < -0.3 is 9.64 Å². The number of benzene rings is 1. The molecular formula is C18H26N2O5S. The van der Waals surface area contributed by atoms with E-state index < -0.39 is 16.0 Å². The molecule has 0 radical (unpaired) electrons. The molecule has 144 valence electrons. The molecule has 1 aromatic rings. The van der Waals surface area contributed by atoms with Crippen molar-refractivity contribution in [3.8, 4) is 0 Å². The Hall–Kier alpha value is -1.93. The Bertz CT molecular complexity index is 766. The number of hydrogen-bond donors (Lipinski definition) is 0. The molecule has 1 heterocycles. The number of sulfonamides is 1. The minimum atomic E-state index is -3.64. The van der Waals surface area contributed by atoms with Crippen LogP contribution in [0.5, 0.6) is 0 Å². The highest BCUT2D eigenvalue weighted by atomic mass is 32.2. The lowest BCUT2D eigenvalue weighted by Crippen LogP contribution is -2.44. The largest absolute Gasteiger partial charge is 0.452 e. The van der Waals surface area contributed by atoms with Crippen molar-refractivity contribution in [3.05, 3.63) is 29.8 Å². The predicted octanol–water partition coefficient (Wildman–Crippen LogP) is 1.60. The summed E-state index contributed by atoms with van der Waals surface area (Å²) < 4.78 is 30.5. The van der Waals surface area contributed by atoms with Gasteiger partial charge in [0.05, 0.1) is 10.5 Å². The highest BCUT2D eigenvalue weighted by Crippen LogP contribution is 2.21. The number of rotatable bonds is 5. The normalized spacial score (nSPS) is 20.9. The highest BCUT2D eigenvalue weighted by molar-refractivity contribution is 7.89. The lowest BCUT2D eigenvalue weighted by Gasteiger charge is -2.34. The van der Waals surface area contributed by atoms with E-state index in [4.69, 9.17) is 4.74 Å². The van der Waals surface area contributed by atoms with E-state index in [9.17, 15) is 18.0 Å². The van der Waals surface area contributed by atoms with Gasteiger partial charge in [0.15, 0.2) is 6.61 Å². The summed E-state index contributed by atoms with van der Waals surface area (Å²) >= 11 is 0. The van der Waals surface area contributed by atoms with Crippen LogP contribution in [0, 0.1) is 11.8 Å². The van der Waals surface area contributed by atoms with E-state index in [2.05, 4.69) is 13.8 Å². The van der Waals surface area contributed by atoms with Crippen molar-refractivity contribution in [3.63, 3.8) is 0 Å². The van der Waals surface area contributed by atoms with Crippen LogP contribution >= 0.6 is 0 Å². The van der Waals surface area contributed by atoms with Crippen LogP contribution < -0.4 is 0 Å². The summed E-state index contributed by atoms with van der Waals surface area (Å²) in [5, 5.41) is 0. The SMILES string of the molecule is CC1CC(C)CN(C(=O)COC(=O)c2cccc(S(=O)(=O)N(C)C)c2)C1. The summed E-state index contributed by atoms with van der Waals surface area (Å²) in [7, 11) is -0.811. The fourth-order valence-corrected chi connectivity index (χ4v) is 4.11. The first-order valence-corrected chi connectivity index (χ1v) is 10.0. The maximum absolute atomic E-state index is 12.3. The molecule has 8 heteroatoms. The second-order valence-electron chi connectivity index (χ2n) is 7.14. The molecule has 1 amide bonds. The molecule has 7 nitrogen and oxygen atoms in total. The molecule has 1 saturated heterocycles. The molecule has 2 atom stereocenters. The van der Waals surface area contributed by atoms with E-state index in [1.54, 1.807) is 4.90 Å². The molecule has 0 N–H and O–H groups in total. The molecule has 2 rings (SSSR count). The van der Waals surface area contributed by atoms with E-state index in [-0.39, 0.29) is 23.0 Å². The molecule has 1 fully saturated rings. The van der Waals surface area contributed by atoms with Crippen molar-refractivity contribution in [1.29, 1.82) is 0 Å². The van der Waals surface area contributed by atoms with Gasteiger partial charge in [0, 0.05) is 27.2 Å². The lowest BCUT2D eigenvalue weighted by molar-refractivity contribution is -0.137. The Morgan fingerprint density at radius 1 is 1.19 bits per heavy atom. The van der Waals surface area contributed by atoms with Gasteiger partial charge in [0.25, 0.3) is 5.91 Å². The van der Waals surface area contributed by atoms with Crippen molar-refractivity contribution in [1.82, 2.24) is 9.21 Å². The van der Waals surface area contributed by atoms with Crippen molar-refractivity contribution in [2.24, 2.45) is 11.8 Å². The number of piperidine rings is 1. The van der Waals surface area contributed by atoms with Gasteiger partial charge >= 0.3 is 5.97 Å². The maximum atomic E-state index is 12.3. The third-order valence-corrected chi connectivity index (χ3v) is 6.21. The summed E-state index contributed by atoms with van der Waals surface area (Å²) in [6.07, 6.45) is 1.08. The molecule has 1 aromatic carbocycles. The van der Waals surface area contributed by atoms with Gasteiger partial charge in [-0.3, -0.25) is 4.79 Å². The number of hydrogen-bond acceptors (Lipinski definition) is 5. The number of esters is 1. The monoisotopic (exact) mass is 382 g/mol. The number of ether oxygens (including phenoxy) is 1. The Labute approximate surface area is 155 Å². The van der Waals surface area contributed by atoms with Crippen LogP contribution in [0.25, 0.3) is 0 Å². The van der Waals surface area contributed by atoms with E-state index in [0.717, 1.165) is 10.7 Å². The molecule has 0 bridgehead atoms. The molecule has 0 spiro atoms. The smallest absolute Gasteiger partial charge is 0.338 e. The van der Waals surface area contributed by atoms with Crippen molar-refractivity contribution in [2.45, 2.75) is 25.2 Å². The van der Waals surface area contributed by atoms with E-state index in [1.807, 2.05) is 0 Å². The van der Waals surface area contributed by atoms with E-state index in [0.29, 0.717) is 24.9 Å². The molecule has 1 aliphatic rings. The van der Waals surface area contributed by atoms with Crippen LogP contribution in [0.15, 0.2) is 29.2 Å².